The second kappa shape index (κ2) is 7.11. The number of nitrogens with one attached hydrogen (secondary N) is 1. The molecule has 0 bridgehead atoms. The second-order valence-electron chi connectivity index (χ2n) is 5.53. The summed E-state index contributed by atoms with van der Waals surface area (Å²) >= 11 is 0. The van der Waals surface area contributed by atoms with Gasteiger partial charge in [-0.05, 0) is 49.9 Å². The van der Waals surface area contributed by atoms with Gasteiger partial charge in [0.25, 0.3) is 0 Å². The molecule has 5 nitrogen and oxygen atoms in total. The van der Waals surface area contributed by atoms with Crippen molar-refractivity contribution in [1.29, 1.82) is 0 Å². The SMILES string of the molecule is CN(C)C(=O)CNc1ccc(C(=O)OC2CCCC2)cc1. The molecule has 1 saturated carbocycles. The van der Waals surface area contributed by atoms with Crippen molar-refractivity contribution in [2.45, 2.75) is 31.8 Å². The number of hydrogen-bond donors (Lipinski definition) is 1. The lowest BCUT2D eigenvalue weighted by Gasteiger charge is -2.13. The lowest BCUT2D eigenvalue weighted by atomic mass is 10.2. The van der Waals surface area contributed by atoms with Crippen LogP contribution in [-0.4, -0.2) is 43.5 Å². The number of anilines is 1. The number of ether oxygens (including phenoxy) is 1. The molecule has 1 N–H and O–H groups in total. The molecule has 1 aromatic rings. The Kier molecular flexibility index (Phi) is 5.20. The fourth-order valence-electron chi connectivity index (χ4n) is 2.29. The third-order valence-corrected chi connectivity index (χ3v) is 3.64. The molecule has 21 heavy (non-hydrogen) atoms. The van der Waals surface area contributed by atoms with Gasteiger partial charge >= 0.3 is 5.97 Å². The number of amides is 1. The molecule has 1 aliphatic rings. The summed E-state index contributed by atoms with van der Waals surface area (Å²) in [6.07, 6.45) is 4.30. The fourth-order valence-corrected chi connectivity index (χ4v) is 2.29. The van der Waals surface area contributed by atoms with E-state index in [1.54, 1.807) is 38.4 Å². The average molecular weight is 290 g/mol. The zero-order chi connectivity index (χ0) is 15.2. The van der Waals surface area contributed by atoms with E-state index in [0.717, 1.165) is 31.4 Å². The van der Waals surface area contributed by atoms with E-state index in [9.17, 15) is 9.59 Å². The van der Waals surface area contributed by atoms with Crippen molar-refractivity contribution in [3.8, 4) is 0 Å². The largest absolute Gasteiger partial charge is 0.459 e. The summed E-state index contributed by atoms with van der Waals surface area (Å²) in [6.45, 7) is 0.235. The highest BCUT2D eigenvalue weighted by Gasteiger charge is 2.19. The van der Waals surface area contributed by atoms with Crippen molar-refractivity contribution in [3.63, 3.8) is 0 Å². The molecule has 0 heterocycles. The molecule has 1 fully saturated rings. The first kappa shape index (κ1) is 15.4. The van der Waals surface area contributed by atoms with Gasteiger partial charge in [-0.15, -0.1) is 0 Å². The number of carbonyl (C=O) groups is 2. The minimum atomic E-state index is -0.266. The minimum Gasteiger partial charge on any atom is -0.459 e. The van der Waals surface area contributed by atoms with E-state index in [2.05, 4.69) is 5.32 Å². The smallest absolute Gasteiger partial charge is 0.338 e. The summed E-state index contributed by atoms with van der Waals surface area (Å²) < 4.78 is 5.45. The molecule has 0 atom stereocenters. The number of carbonyl (C=O) groups excluding carboxylic acids is 2. The zero-order valence-electron chi connectivity index (χ0n) is 12.6. The number of likely N-dealkylation sites (N-methyl/N-ethyl adjacent to an activating group) is 1. The predicted octanol–water partition coefficient (Wildman–Crippen LogP) is 2.29. The minimum absolute atomic E-state index is 0.000260. The molecule has 1 aromatic carbocycles. The molecule has 5 heteroatoms. The van der Waals surface area contributed by atoms with Crippen LogP contribution in [0.2, 0.25) is 0 Å². The van der Waals surface area contributed by atoms with Gasteiger partial charge in [-0.3, -0.25) is 4.79 Å². The summed E-state index contributed by atoms with van der Waals surface area (Å²) in [5, 5.41) is 3.02. The Balaban J connectivity index is 1.86. The van der Waals surface area contributed by atoms with Crippen molar-refractivity contribution >= 4 is 17.6 Å². The molecule has 1 aliphatic carbocycles. The van der Waals surface area contributed by atoms with E-state index in [1.165, 1.54) is 4.90 Å². The zero-order valence-corrected chi connectivity index (χ0v) is 12.6. The molecule has 1 amide bonds. The van der Waals surface area contributed by atoms with Crippen molar-refractivity contribution in [1.82, 2.24) is 4.90 Å². The Morgan fingerprint density at radius 3 is 2.38 bits per heavy atom. The molecule has 0 aliphatic heterocycles. The Bertz CT molecular complexity index is 491. The second-order valence-corrected chi connectivity index (χ2v) is 5.53. The van der Waals surface area contributed by atoms with Crippen LogP contribution >= 0.6 is 0 Å². The number of rotatable bonds is 5. The molecule has 2 rings (SSSR count). The summed E-state index contributed by atoms with van der Waals surface area (Å²) in [5.74, 6) is -0.266. The highest BCUT2D eigenvalue weighted by atomic mass is 16.5. The van der Waals surface area contributed by atoms with Gasteiger partial charge in [0.1, 0.15) is 6.10 Å². The van der Waals surface area contributed by atoms with Crippen molar-refractivity contribution in [3.05, 3.63) is 29.8 Å². The third-order valence-electron chi connectivity index (χ3n) is 3.64. The van der Waals surface area contributed by atoms with Crippen molar-refractivity contribution in [2.75, 3.05) is 26.0 Å². The van der Waals surface area contributed by atoms with E-state index in [0.29, 0.717) is 5.56 Å². The molecule has 0 saturated heterocycles. The summed E-state index contributed by atoms with van der Waals surface area (Å²) in [7, 11) is 3.43. The summed E-state index contributed by atoms with van der Waals surface area (Å²) in [6, 6.07) is 7.02. The Labute approximate surface area is 125 Å². The normalized spacial score (nSPS) is 14.8. The Morgan fingerprint density at radius 2 is 1.81 bits per heavy atom. The molecule has 0 aromatic heterocycles. The maximum atomic E-state index is 12.0. The van der Waals surface area contributed by atoms with E-state index in [-0.39, 0.29) is 24.5 Å². The lowest BCUT2D eigenvalue weighted by molar-refractivity contribution is -0.126. The van der Waals surface area contributed by atoms with Crippen LogP contribution in [0.5, 0.6) is 0 Å². The van der Waals surface area contributed by atoms with E-state index in [1.807, 2.05) is 0 Å². The van der Waals surface area contributed by atoms with Gasteiger partial charge in [0, 0.05) is 19.8 Å². The summed E-state index contributed by atoms with van der Waals surface area (Å²) in [4.78, 5) is 25.0. The molecular formula is C16H22N2O3. The van der Waals surface area contributed by atoms with Crippen LogP contribution < -0.4 is 5.32 Å². The van der Waals surface area contributed by atoms with Crippen LogP contribution in [0.3, 0.4) is 0 Å². The highest BCUT2D eigenvalue weighted by molar-refractivity contribution is 5.90. The number of hydrogen-bond acceptors (Lipinski definition) is 4. The maximum absolute atomic E-state index is 12.0. The van der Waals surface area contributed by atoms with Crippen LogP contribution in [0.1, 0.15) is 36.0 Å². The monoisotopic (exact) mass is 290 g/mol. The summed E-state index contributed by atoms with van der Waals surface area (Å²) in [5.41, 5.74) is 1.36. The van der Waals surface area contributed by atoms with E-state index >= 15 is 0 Å². The quantitative estimate of drug-likeness (QED) is 0.845. The fraction of sp³-hybridized carbons (Fsp3) is 0.500. The molecule has 0 unspecified atom stereocenters. The van der Waals surface area contributed by atoms with Gasteiger partial charge in [0.05, 0.1) is 12.1 Å². The van der Waals surface area contributed by atoms with Gasteiger partial charge in [-0.25, -0.2) is 4.79 Å². The maximum Gasteiger partial charge on any atom is 0.338 e. The van der Waals surface area contributed by atoms with Gasteiger partial charge in [0.2, 0.25) is 5.91 Å². The van der Waals surface area contributed by atoms with Crippen molar-refractivity contribution < 1.29 is 14.3 Å². The number of benzene rings is 1. The number of esters is 1. The first-order chi connectivity index (χ1) is 10.1. The van der Waals surface area contributed by atoms with Gasteiger partial charge in [-0.2, -0.15) is 0 Å². The van der Waals surface area contributed by atoms with E-state index < -0.39 is 0 Å². The predicted molar refractivity (Wildman–Crippen MR) is 81.3 cm³/mol. The number of nitrogens with zero attached hydrogens (tertiary/aromatic N) is 1. The Hall–Kier alpha value is -2.04. The van der Waals surface area contributed by atoms with Crippen LogP contribution in [0.25, 0.3) is 0 Å². The van der Waals surface area contributed by atoms with Gasteiger partial charge in [0.15, 0.2) is 0 Å². The van der Waals surface area contributed by atoms with Crippen LogP contribution in [-0.2, 0) is 9.53 Å². The molecule has 0 radical (unpaired) electrons. The Morgan fingerprint density at radius 1 is 1.19 bits per heavy atom. The lowest BCUT2D eigenvalue weighted by Crippen LogP contribution is -2.28. The first-order valence-corrected chi connectivity index (χ1v) is 7.31. The first-order valence-electron chi connectivity index (χ1n) is 7.31. The molecule has 114 valence electrons. The molecule has 0 spiro atoms. The van der Waals surface area contributed by atoms with Crippen LogP contribution in [0.15, 0.2) is 24.3 Å². The standard InChI is InChI=1S/C16H22N2O3/c1-18(2)15(19)11-17-13-9-7-12(8-10-13)16(20)21-14-5-3-4-6-14/h7-10,14,17H,3-6,11H2,1-2H3. The topological polar surface area (TPSA) is 58.6 Å². The van der Waals surface area contributed by atoms with Crippen LogP contribution in [0.4, 0.5) is 5.69 Å². The molecular weight excluding hydrogens is 268 g/mol. The average Bonchev–Trinajstić information content (AvgIpc) is 2.98. The third kappa shape index (κ3) is 4.48. The van der Waals surface area contributed by atoms with E-state index in [4.69, 9.17) is 4.74 Å². The van der Waals surface area contributed by atoms with Crippen LogP contribution in [0, 0.1) is 0 Å². The van der Waals surface area contributed by atoms with Crippen molar-refractivity contribution in [2.24, 2.45) is 0 Å². The highest BCUT2D eigenvalue weighted by Crippen LogP contribution is 2.22. The van der Waals surface area contributed by atoms with Gasteiger partial charge in [-0.1, -0.05) is 0 Å². The van der Waals surface area contributed by atoms with Gasteiger partial charge < -0.3 is 15.0 Å².